The highest BCUT2D eigenvalue weighted by atomic mass is 14.9. The van der Waals surface area contributed by atoms with Gasteiger partial charge in [0.25, 0.3) is 0 Å². The largest absolute Gasteiger partial charge is 0.320 e. The van der Waals surface area contributed by atoms with E-state index in [-0.39, 0.29) is 23.7 Å². The molecule has 42 heavy (non-hydrogen) atoms. The third kappa shape index (κ3) is 5.36. The Morgan fingerprint density at radius 1 is 0.429 bits per heavy atom. The van der Waals surface area contributed by atoms with Crippen LogP contribution in [-0.4, -0.2) is 19.9 Å². The molecule has 0 amide bonds. The second-order valence-corrected chi connectivity index (χ2v) is 11.4. The van der Waals surface area contributed by atoms with E-state index in [1.807, 2.05) is 97.6 Å². The monoisotopic (exact) mass is 556 g/mol. The number of hydrogen-bond donors (Lipinski definition) is 2. The molecule has 4 aromatic heterocycles. The van der Waals surface area contributed by atoms with E-state index >= 15 is 0 Å². The molecular weight excluding hydrogens is 516 g/mol. The lowest BCUT2D eigenvalue weighted by atomic mass is 9.65. The second-order valence-electron chi connectivity index (χ2n) is 11.4. The van der Waals surface area contributed by atoms with Crippen LogP contribution in [0.2, 0.25) is 0 Å². The standard InChI is InChI=1S/C36H40N6/c1-25(31-16-5-9-20-39-31)35(37,26(2)32-17-6-10-21-40-32)29-14-13-15-30(24-29)36(38,27(3)33-18-7-11-22-41-33)28(4)34-19-8-12-23-42-34/h5-28H,37-38H2,1-4H3. The van der Waals surface area contributed by atoms with Crippen LogP contribution in [0.3, 0.4) is 0 Å². The fourth-order valence-electron chi connectivity index (χ4n) is 6.32. The zero-order valence-electron chi connectivity index (χ0n) is 24.8. The van der Waals surface area contributed by atoms with E-state index in [0.29, 0.717) is 0 Å². The first-order valence-electron chi connectivity index (χ1n) is 14.6. The second kappa shape index (κ2) is 12.3. The Morgan fingerprint density at radius 2 is 0.714 bits per heavy atom. The van der Waals surface area contributed by atoms with Crippen molar-refractivity contribution in [2.45, 2.75) is 62.4 Å². The number of benzene rings is 1. The van der Waals surface area contributed by atoms with Gasteiger partial charge in [0.2, 0.25) is 0 Å². The molecule has 0 aliphatic carbocycles. The lowest BCUT2D eigenvalue weighted by Crippen LogP contribution is -2.49. The van der Waals surface area contributed by atoms with E-state index in [9.17, 15) is 0 Å². The molecule has 4 N–H and O–H groups in total. The molecule has 5 rings (SSSR count). The van der Waals surface area contributed by atoms with Gasteiger partial charge in [0, 0.05) is 71.2 Å². The summed E-state index contributed by atoms with van der Waals surface area (Å²) in [4.78, 5) is 18.8. The maximum atomic E-state index is 7.61. The van der Waals surface area contributed by atoms with E-state index in [1.54, 1.807) is 0 Å². The first kappa shape index (κ1) is 29.2. The van der Waals surface area contributed by atoms with E-state index < -0.39 is 11.1 Å². The van der Waals surface area contributed by atoms with Gasteiger partial charge in [0.1, 0.15) is 0 Å². The first-order chi connectivity index (χ1) is 20.3. The lowest BCUT2D eigenvalue weighted by molar-refractivity contribution is 0.294. The van der Waals surface area contributed by atoms with Crippen LogP contribution in [0.5, 0.6) is 0 Å². The van der Waals surface area contributed by atoms with Gasteiger partial charge in [0.15, 0.2) is 0 Å². The van der Waals surface area contributed by atoms with Crippen LogP contribution in [0.25, 0.3) is 0 Å². The molecule has 6 heteroatoms. The van der Waals surface area contributed by atoms with Gasteiger partial charge < -0.3 is 11.5 Å². The predicted molar refractivity (Wildman–Crippen MR) is 169 cm³/mol. The Kier molecular flexibility index (Phi) is 8.57. The Balaban J connectivity index is 1.69. The Morgan fingerprint density at radius 3 is 0.952 bits per heavy atom. The number of pyridine rings is 4. The number of aromatic nitrogens is 4. The van der Waals surface area contributed by atoms with Crippen LogP contribution >= 0.6 is 0 Å². The number of rotatable bonds is 10. The highest BCUT2D eigenvalue weighted by Gasteiger charge is 2.45. The number of nitrogens with two attached hydrogens (primary N) is 2. The lowest BCUT2D eigenvalue weighted by Gasteiger charge is -2.44. The van der Waals surface area contributed by atoms with Crippen LogP contribution in [0, 0.1) is 0 Å². The third-order valence-corrected chi connectivity index (χ3v) is 9.25. The quantitative estimate of drug-likeness (QED) is 0.196. The van der Waals surface area contributed by atoms with Crippen molar-refractivity contribution >= 4 is 0 Å². The van der Waals surface area contributed by atoms with Gasteiger partial charge in [-0.2, -0.15) is 0 Å². The van der Waals surface area contributed by atoms with Gasteiger partial charge in [0.05, 0.1) is 11.1 Å². The third-order valence-electron chi connectivity index (χ3n) is 9.25. The van der Waals surface area contributed by atoms with Crippen LogP contribution in [0.4, 0.5) is 0 Å². The topological polar surface area (TPSA) is 104 Å². The molecule has 0 spiro atoms. The summed E-state index contributed by atoms with van der Waals surface area (Å²) in [6, 6.07) is 32.4. The molecule has 4 atom stereocenters. The average Bonchev–Trinajstić information content (AvgIpc) is 3.07. The summed E-state index contributed by atoms with van der Waals surface area (Å²) < 4.78 is 0. The highest BCUT2D eigenvalue weighted by Crippen LogP contribution is 2.48. The highest BCUT2D eigenvalue weighted by molar-refractivity contribution is 5.42. The van der Waals surface area contributed by atoms with Crippen molar-refractivity contribution in [2.75, 3.05) is 0 Å². The number of nitrogens with zero attached hydrogens (tertiary/aromatic N) is 4. The molecule has 0 saturated carbocycles. The fraction of sp³-hybridized carbons (Fsp3) is 0.278. The molecule has 6 nitrogen and oxygen atoms in total. The molecule has 0 bridgehead atoms. The maximum absolute atomic E-state index is 7.61. The molecule has 0 aliphatic rings. The molecule has 0 fully saturated rings. The van der Waals surface area contributed by atoms with Crippen LogP contribution in [0.15, 0.2) is 122 Å². The molecule has 0 saturated heterocycles. The maximum Gasteiger partial charge on any atom is 0.0573 e. The van der Waals surface area contributed by atoms with Crippen molar-refractivity contribution in [1.29, 1.82) is 0 Å². The fourth-order valence-corrected chi connectivity index (χ4v) is 6.32. The number of hydrogen-bond acceptors (Lipinski definition) is 6. The molecule has 0 aliphatic heterocycles. The van der Waals surface area contributed by atoms with Crippen molar-refractivity contribution in [3.8, 4) is 0 Å². The molecule has 0 radical (unpaired) electrons. The molecule has 5 aromatic rings. The van der Waals surface area contributed by atoms with E-state index in [2.05, 4.69) is 52.0 Å². The normalized spacial score (nSPS) is 17.3. The van der Waals surface area contributed by atoms with Gasteiger partial charge in [-0.3, -0.25) is 19.9 Å². The van der Waals surface area contributed by atoms with E-state index in [0.717, 1.165) is 33.9 Å². The zero-order valence-corrected chi connectivity index (χ0v) is 24.8. The summed E-state index contributed by atoms with van der Waals surface area (Å²) in [6.45, 7) is 8.60. The van der Waals surface area contributed by atoms with Crippen LogP contribution in [-0.2, 0) is 11.1 Å². The van der Waals surface area contributed by atoms with Crippen molar-refractivity contribution in [1.82, 2.24) is 19.9 Å². The minimum atomic E-state index is -0.845. The van der Waals surface area contributed by atoms with Gasteiger partial charge in [-0.1, -0.05) is 76.2 Å². The smallest absolute Gasteiger partial charge is 0.0573 e. The average molecular weight is 557 g/mol. The molecule has 1 aromatic carbocycles. The zero-order chi connectivity index (χ0) is 29.7. The minimum Gasteiger partial charge on any atom is -0.320 e. The Hall–Kier alpha value is -4.26. The van der Waals surface area contributed by atoms with Crippen LogP contribution in [0.1, 0.15) is 85.3 Å². The van der Waals surface area contributed by atoms with Crippen molar-refractivity contribution in [3.63, 3.8) is 0 Å². The summed E-state index contributed by atoms with van der Waals surface area (Å²) >= 11 is 0. The first-order valence-corrected chi connectivity index (χ1v) is 14.6. The summed E-state index contributed by atoms with van der Waals surface area (Å²) in [7, 11) is 0. The molecular formula is C36H40N6. The van der Waals surface area contributed by atoms with Crippen molar-refractivity contribution in [2.24, 2.45) is 11.5 Å². The van der Waals surface area contributed by atoms with Gasteiger partial charge in [-0.05, 0) is 59.7 Å². The van der Waals surface area contributed by atoms with Crippen molar-refractivity contribution < 1.29 is 0 Å². The Bertz CT molecular complexity index is 1350. The summed E-state index contributed by atoms with van der Waals surface area (Å²) in [5.74, 6) is -0.502. The summed E-state index contributed by atoms with van der Waals surface area (Å²) in [6.07, 6.45) is 7.29. The van der Waals surface area contributed by atoms with Gasteiger partial charge in [-0.15, -0.1) is 0 Å². The van der Waals surface area contributed by atoms with E-state index in [4.69, 9.17) is 31.4 Å². The summed E-state index contributed by atoms with van der Waals surface area (Å²) in [5, 5.41) is 0. The van der Waals surface area contributed by atoms with Crippen molar-refractivity contribution in [3.05, 3.63) is 156 Å². The molecule has 4 unspecified atom stereocenters. The summed E-state index contributed by atoms with van der Waals surface area (Å²) in [5.41, 5.74) is 19.2. The van der Waals surface area contributed by atoms with E-state index in [1.165, 1.54) is 0 Å². The van der Waals surface area contributed by atoms with Gasteiger partial charge in [-0.25, -0.2) is 0 Å². The van der Waals surface area contributed by atoms with Gasteiger partial charge >= 0.3 is 0 Å². The molecule has 214 valence electrons. The van der Waals surface area contributed by atoms with Crippen LogP contribution < -0.4 is 11.5 Å². The Labute approximate surface area is 249 Å². The predicted octanol–water partition coefficient (Wildman–Crippen LogP) is 6.79. The minimum absolute atomic E-state index is 0.125. The molecule has 4 heterocycles. The SMILES string of the molecule is CC(c1ccccn1)C(N)(c1cccc(C(N)(C(C)c2ccccn2)C(C)c2ccccn2)c1)C(C)c1ccccn1.